The van der Waals surface area contributed by atoms with E-state index in [-0.39, 0.29) is 29.2 Å². The number of carbonyl (C=O) groups is 2. The van der Waals surface area contributed by atoms with Crippen molar-refractivity contribution in [3.8, 4) is 0 Å². The molecule has 7 heteroatoms. The summed E-state index contributed by atoms with van der Waals surface area (Å²) in [6.45, 7) is 5.33. The minimum Gasteiger partial charge on any atom is -0.342 e. The number of rotatable bonds is 6. The van der Waals surface area contributed by atoms with Crippen LogP contribution in [0.1, 0.15) is 40.0 Å². The first-order valence-corrected chi connectivity index (χ1v) is 9.34. The molecule has 6 nitrogen and oxygen atoms in total. The van der Waals surface area contributed by atoms with Gasteiger partial charge in [-0.05, 0) is 39.0 Å². The quantitative estimate of drug-likeness (QED) is 0.765. The van der Waals surface area contributed by atoms with E-state index in [0.717, 1.165) is 12.8 Å². The van der Waals surface area contributed by atoms with Crippen molar-refractivity contribution in [2.24, 2.45) is 5.92 Å². The van der Waals surface area contributed by atoms with E-state index >= 15 is 0 Å². The van der Waals surface area contributed by atoms with Crippen LogP contribution < -0.4 is 5.32 Å². The summed E-state index contributed by atoms with van der Waals surface area (Å²) in [5, 5.41) is 2.82. The Balaban J connectivity index is 2.06. The molecular formula is C14H24N2O4S. The predicted molar refractivity (Wildman–Crippen MR) is 79.4 cm³/mol. The third kappa shape index (κ3) is 3.39. The monoisotopic (exact) mass is 316 g/mol. The third-order valence-corrected chi connectivity index (χ3v) is 6.21. The van der Waals surface area contributed by atoms with Crippen LogP contribution >= 0.6 is 0 Å². The van der Waals surface area contributed by atoms with Gasteiger partial charge in [-0.1, -0.05) is 6.92 Å². The van der Waals surface area contributed by atoms with Gasteiger partial charge in [-0.3, -0.25) is 9.59 Å². The van der Waals surface area contributed by atoms with Crippen LogP contribution in [0.3, 0.4) is 0 Å². The van der Waals surface area contributed by atoms with E-state index in [0.29, 0.717) is 13.0 Å². The zero-order valence-corrected chi connectivity index (χ0v) is 13.7. The molecule has 2 fully saturated rings. The first-order chi connectivity index (χ1) is 9.69. The van der Waals surface area contributed by atoms with Gasteiger partial charge >= 0.3 is 0 Å². The van der Waals surface area contributed by atoms with E-state index in [4.69, 9.17) is 0 Å². The Morgan fingerprint density at radius 1 is 1.29 bits per heavy atom. The standard InChI is InChI=1S/C14H24N2O4S/c1-4-21(19,20)9-5-8-16-12(17)11(10-6-7-10)15-13(18)14(16,2)3/h10-11H,4-9H2,1-3H3,(H,15,18). The summed E-state index contributed by atoms with van der Waals surface area (Å²) in [5.74, 6) is 0.182. The second-order valence-corrected chi connectivity index (χ2v) is 8.90. The Morgan fingerprint density at radius 2 is 1.90 bits per heavy atom. The van der Waals surface area contributed by atoms with E-state index in [1.807, 2.05) is 0 Å². The Bertz CT molecular complexity index is 537. The predicted octanol–water partition coefficient (Wildman–Crippen LogP) is 0.327. The van der Waals surface area contributed by atoms with Crippen molar-refractivity contribution in [2.75, 3.05) is 18.1 Å². The molecule has 0 radical (unpaired) electrons. The molecule has 0 aromatic carbocycles. The van der Waals surface area contributed by atoms with Crippen LogP contribution in [-0.4, -0.2) is 54.8 Å². The van der Waals surface area contributed by atoms with Crippen molar-refractivity contribution < 1.29 is 18.0 Å². The van der Waals surface area contributed by atoms with Crippen molar-refractivity contribution in [1.29, 1.82) is 0 Å². The van der Waals surface area contributed by atoms with Gasteiger partial charge in [-0.25, -0.2) is 8.42 Å². The number of hydrogen-bond acceptors (Lipinski definition) is 4. The third-order valence-electron chi connectivity index (χ3n) is 4.42. The lowest BCUT2D eigenvalue weighted by atomic mass is 9.94. The van der Waals surface area contributed by atoms with Gasteiger partial charge in [0.15, 0.2) is 0 Å². The maximum Gasteiger partial charge on any atom is 0.246 e. The van der Waals surface area contributed by atoms with Crippen molar-refractivity contribution in [1.82, 2.24) is 10.2 Å². The molecule has 0 spiro atoms. The Morgan fingerprint density at radius 3 is 2.43 bits per heavy atom. The summed E-state index contributed by atoms with van der Waals surface area (Å²) in [4.78, 5) is 26.3. The fraction of sp³-hybridized carbons (Fsp3) is 0.857. The van der Waals surface area contributed by atoms with Gasteiger partial charge < -0.3 is 10.2 Å². The molecule has 2 amide bonds. The average molecular weight is 316 g/mol. The molecule has 1 heterocycles. The lowest BCUT2D eigenvalue weighted by molar-refractivity contribution is -0.155. The van der Waals surface area contributed by atoms with Gasteiger partial charge in [-0.2, -0.15) is 0 Å². The number of nitrogens with zero attached hydrogens (tertiary/aromatic N) is 1. The van der Waals surface area contributed by atoms with Crippen LogP contribution in [0.25, 0.3) is 0 Å². The maximum atomic E-state index is 12.6. The molecule has 0 aromatic rings. The first kappa shape index (κ1) is 16.3. The SMILES string of the molecule is CCS(=O)(=O)CCCN1C(=O)C(C2CC2)NC(=O)C1(C)C. The van der Waals surface area contributed by atoms with Crippen molar-refractivity contribution >= 4 is 21.7 Å². The fourth-order valence-corrected chi connectivity index (χ4v) is 3.53. The van der Waals surface area contributed by atoms with Gasteiger partial charge in [0.2, 0.25) is 11.8 Å². The smallest absolute Gasteiger partial charge is 0.246 e. The number of hydrogen-bond donors (Lipinski definition) is 1. The summed E-state index contributed by atoms with van der Waals surface area (Å²) >= 11 is 0. The molecule has 21 heavy (non-hydrogen) atoms. The molecule has 0 bridgehead atoms. The Hall–Kier alpha value is -1.11. The summed E-state index contributed by atoms with van der Waals surface area (Å²) in [5.41, 5.74) is -0.918. The zero-order chi connectivity index (χ0) is 15.8. The average Bonchev–Trinajstić information content (AvgIpc) is 3.22. The van der Waals surface area contributed by atoms with E-state index in [1.54, 1.807) is 25.7 Å². The Labute approximate surface area is 126 Å². The van der Waals surface area contributed by atoms with Crippen LogP contribution in [0.15, 0.2) is 0 Å². The molecule has 0 aromatic heterocycles. The number of amides is 2. The zero-order valence-electron chi connectivity index (χ0n) is 12.9. The summed E-state index contributed by atoms with van der Waals surface area (Å²) in [7, 11) is -3.04. The van der Waals surface area contributed by atoms with E-state index < -0.39 is 21.4 Å². The molecule has 1 aliphatic heterocycles. The maximum absolute atomic E-state index is 12.6. The van der Waals surface area contributed by atoms with Crippen LogP contribution in [-0.2, 0) is 19.4 Å². The van der Waals surface area contributed by atoms with Gasteiger partial charge in [0.1, 0.15) is 21.4 Å². The van der Waals surface area contributed by atoms with Crippen molar-refractivity contribution in [3.05, 3.63) is 0 Å². The van der Waals surface area contributed by atoms with E-state index in [9.17, 15) is 18.0 Å². The van der Waals surface area contributed by atoms with Gasteiger partial charge in [0.25, 0.3) is 0 Å². The molecule has 120 valence electrons. The minimum absolute atomic E-state index is 0.0546. The lowest BCUT2D eigenvalue weighted by Crippen LogP contribution is -2.69. The van der Waals surface area contributed by atoms with E-state index in [1.165, 1.54) is 0 Å². The molecule has 1 aliphatic carbocycles. The molecule has 2 rings (SSSR count). The minimum atomic E-state index is -3.04. The van der Waals surface area contributed by atoms with Crippen molar-refractivity contribution in [2.45, 2.75) is 51.6 Å². The highest BCUT2D eigenvalue weighted by molar-refractivity contribution is 7.91. The normalized spacial score (nSPS) is 25.9. The number of carbonyl (C=O) groups excluding carboxylic acids is 2. The Kier molecular flexibility index (Phi) is 4.33. The summed E-state index contributed by atoms with van der Waals surface area (Å²) in [6.07, 6.45) is 2.31. The molecule has 1 atom stereocenters. The van der Waals surface area contributed by atoms with Gasteiger partial charge in [0, 0.05) is 12.3 Å². The lowest BCUT2D eigenvalue weighted by Gasteiger charge is -2.44. The van der Waals surface area contributed by atoms with Crippen LogP contribution in [0, 0.1) is 5.92 Å². The van der Waals surface area contributed by atoms with Crippen LogP contribution in [0.5, 0.6) is 0 Å². The molecular weight excluding hydrogens is 292 g/mol. The topological polar surface area (TPSA) is 83.6 Å². The highest BCUT2D eigenvalue weighted by Crippen LogP contribution is 2.36. The molecule has 1 saturated carbocycles. The second kappa shape index (κ2) is 5.59. The molecule has 1 unspecified atom stereocenters. The largest absolute Gasteiger partial charge is 0.342 e. The first-order valence-electron chi connectivity index (χ1n) is 7.52. The van der Waals surface area contributed by atoms with Crippen LogP contribution in [0.2, 0.25) is 0 Å². The second-order valence-electron chi connectivity index (χ2n) is 6.43. The van der Waals surface area contributed by atoms with Gasteiger partial charge in [-0.15, -0.1) is 0 Å². The molecule has 2 aliphatic rings. The highest BCUT2D eigenvalue weighted by Gasteiger charge is 2.50. The van der Waals surface area contributed by atoms with Crippen molar-refractivity contribution in [3.63, 3.8) is 0 Å². The molecule has 1 N–H and O–H groups in total. The number of piperazine rings is 1. The van der Waals surface area contributed by atoms with Gasteiger partial charge in [0.05, 0.1) is 5.75 Å². The van der Waals surface area contributed by atoms with Crippen LogP contribution in [0.4, 0.5) is 0 Å². The summed E-state index contributed by atoms with van der Waals surface area (Å²) in [6, 6.07) is -0.423. The molecule has 1 saturated heterocycles. The fourth-order valence-electron chi connectivity index (χ4n) is 2.67. The highest BCUT2D eigenvalue weighted by atomic mass is 32.2. The number of sulfone groups is 1. The number of nitrogens with one attached hydrogen (secondary N) is 1. The summed E-state index contributed by atoms with van der Waals surface area (Å²) < 4.78 is 23.1. The van der Waals surface area contributed by atoms with E-state index in [2.05, 4.69) is 5.32 Å².